The van der Waals surface area contributed by atoms with Crippen molar-refractivity contribution in [1.29, 1.82) is 0 Å². The predicted octanol–water partition coefficient (Wildman–Crippen LogP) is 2.70. The molecule has 1 aliphatic rings. The van der Waals surface area contributed by atoms with Crippen LogP contribution in [0.5, 0.6) is 5.75 Å². The average molecular weight is 306 g/mol. The molecule has 1 aromatic rings. The third-order valence-electron chi connectivity index (χ3n) is 3.86. The molecule has 0 radical (unpaired) electrons. The second-order valence-corrected chi connectivity index (χ2v) is 6.09. The second-order valence-electron chi connectivity index (χ2n) is 6.09. The SMILES string of the molecule is CCCC(C)(N)C(=O)Nc1ccc(OCC2CCCO2)cc1. The van der Waals surface area contributed by atoms with Crippen LogP contribution in [-0.2, 0) is 9.53 Å². The van der Waals surface area contributed by atoms with E-state index in [1.807, 2.05) is 31.2 Å². The molecule has 1 amide bonds. The van der Waals surface area contributed by atoms with Gasteiger partial charge in [-0.25, -0.2) is 0 Å². The minimum absolute atomic E-state index is 0.164. The van der Waals surface area contributed by atoms with E-state index in [-0.39, 0.29) is 12.0 Å². The molecule has 1 aromatic carbocycles. The number of hydrogen-bond acceptors (Lipinski definition) is 4. The van der Waals surface area contributed by atoms with Crippen LogP contribution in [0, 0.1) is 0 Å². The van der Waals surface area contributed by atoms with Gasteiger partial charge in [0.25, 0.3) is 0 Å². The molecule has 0 spiro atoms. The smallest absolute Gasteiger partial charge is 0.244 e. The maximum atomic E-state index is 12.1. The molecule has 122 valence electrons. The first-order valence-electron chi connectivity index (χ1n) is 7.96. The topological polar surface area (TPSA) is 73.6 Å². The molecule has 3 N–H and O–H groups in total. The van der Waals surface area contributed by atoms with Gasteiger partial charge in [0.15, 0.2) is 0 Å². The molecule has 1 fully saturated rings. The molecule has 2 rings (SSSR count). The Morgan fingerprint density at radius 1 is 1.45 bits per heavy atom. The molecule has 0 aliphatic carbocycles. The van der Waals surface area contributed by atoms with Gasteiger partial charge in [-0.05, 0) is 50.5 Å². The summed E-state index contributed by atoms with van der Waals surface area (Å²) in [4.78, 5) is 12.1. The molecule has 5 heteroatoms. The van der Waals surface area contributed by atoms with E-state index in [1.54, 1.807) is 6.92 Å². The Morgan fingerprint density at radius 3 is 2.77 bits per heavy atom. The lowest BCUT2D eigenvalue weighted by Crippen LogP contribution is -2.48. The molecule has 22 heavy (non-hydrogen) atoms. The van der Waals surface area contributed by atoms with Crippen molar-refractivity contribution in [3.63, 3.8) is 0 Å². The number of carbonyl (C=O) groups excluding carboxylic acids is 1. The van der Waals surface area contributed by atoms with Gasteiger partial charge in [0.05, 0.1) is 11.6 Å². The number of rotatable bonds is 7. The average Bonchev–Trinajstić information content (AvgIpc) is 3.00. The Morgan fingerprint density at radius 2 is 2.18 bits per heavy atom. The maximum absolute atomic E-state index is 12.1. The summed E-state index contributed by atoms with van der Waals surface area (Å²) in [6.45, 7) is 5.17. The van der Waals surface area contributed by atoms with Crippen molar-refractivity contribution in [2.45, 2.75) is 51.2 Å². The van der Waals surface area contributed by atoms with Crippen LogP contribution in [0.2, 0.25) is 0 Å². The first-order chi connectivity index (χ1) is 10.5. The summed E-state index contributed by atoms with van der Waals surface area (Å²) in [5.74, 6) is 0.611. The predicted molar refractivity (Wildman–Crippen MR) is 87.0 cm³/mol. The van der Waals surface area contributed by atoms with E-state index in [9.17, 15) is 4.79 Å². The van der Waals surface area contributed by atoms with Gasteiger partial charge in [0.2, 0.25) is 5.91 Å². The normalized spacial score (nSPS) is 20.4. The zero-order chi connectivity index (χ0) is 16.0. The van der Waals surface area contributed by atoms with Gasteiger partial charge in [0, 0.05) is 12.3 Å². The summed E-state index contributed by atoms with van der Waals surface area (Å²) >= 11 is 0. The molecule has 0 bridgehead atoms. The number of nitrogens with two attached hydrogens (primary N) is 1. The van der Waals surface area contributed by atoms with E-state index in [0.29, 0.717) is 13.0 Å². The van der Waals surface area contributed by atoms with Crippen molar-refractivity contribution in [3.8, 4) is 5.75 Å². The van der Waals surface area contributed by atoms with Crippen molar-refractivity contribution < 1.29 is 14.3 Å². The Labute approximate surface area is 132 Å². The van der Waals surface area contributed by atoms with E-state index in [0.717, 1.165) is 37.3 Å². The van der Waals surface area contributed by atoms with Crippen LogP contribution in [0.25, 0.3) is 0 Å². The monoisotopic (exact) mass is 306 g/mol. The van der Waals surface area contributed by atoms with Crippen molar-refractivity contribution >= 4 is 11.6 Å². The minimum atomic E-state index is -0.844. The van der Waals surface area contributed by atoms with Gasteiger partial charge in [-0.3, -0.25) is 4.79 Å². The molecular weight excluding hydrogens is 280 g/mol. The molecule has 2 atom stereocenters. The zero-order valence-electron chi connectivity index (χ0n) is 13.4. The van der Waals surface area contributed by atoms with Gasteiger partial charge < -0.3 is 20.5 Å². The summed E-state index contributed by atoms with van der Waals surface area (Å²) in [6.07, 6.45) is 3.89. The summed E-state index contributed by atoms with van der Waals surface area (Å²) in [5, 5.41) is 2.85. The molecule has 2 unspecified atom stereocenters. The van der Waals surface area contributed by atoms with Crippen LogP contribution in [0.4, 0.5) is 5.69 Å². The fourth-order valence-corrected chi connectivity index (χ4v) is 2.51. The van der Waals surface area contributed by atoms with E-state index in [4.69, 9.17) is 15.2 Å². The molecule has 0 aromatic heterocycles. The highest BCUT2D eigenvalue weighted by molar-refractivity contribution is 5.97. The van der Waals surface area contributed by atoms with E-state index in [2.05, 4.69) is 5.32 Å². The minimum Gasteiger partial charge on any atom is -0.491 e. The van der Waals surface area contributed by atoms with Crippen molar-refractivity contribution in [2.75, 3.05) is 18.5 Å². The Balaban J connectivity index is 1.84. The summed E-state index contributed by atoms with van der Waals surface area (Å²) < 4.78 is 11.2. The number of anilines is 1. The van der Waals surface area contributed by atoms with Crippen LogP contribution in [0.3, 0.4) is 0 Å². The number of hydrogen-bond donors (Lipinski definition) is 2. The lowest BCUT2D eigenvalue weighted by atomic mass is 9.96. The number of carbonyl (C=O) groups is 1. The van der Waals surface area contributed by atoms with Gasteiger partial charge in [-0.2, -0.15) is 0 Å². The lowest BCUT2D eigenvalue weighted by molar-refractivity contribution is -0.120. The molecule has 5 nitrogen and oxygen atoms in total. The van der Waals surface area contributed by atoms with Crippen molar-refractivity contribution in [2.24, 2.45) is 5.73 Å². The van der Waals surface area contributed by atoms with Gasteiger partial charge in [-0.1, -0.05) is 13.3 Å². The van der Waals surface area contributed by atoms with Crippen molar-refractivity contribution in [3.05, 3.63) is 24.3 Å². The number of benzene rings is 1. The van der Waals surface area contributed by atoms with Crippen LogP contribution in [0.1, 0.15) is 39.5 Å². The molecule has 1 heterocycles. The molecule has 1 aliphatic heterocycles. The fourth-order valence-electron chi connectivity index (χ4n) is 2.51. The molecular formula is C17H26N2O3. The first kappa shape index (κ1) is 16.8. The molecule has 1 saturated heterocycles. The largest absolute Gasteiger partial charge is 0.491 e. The van der Waals surface area contributed by atoms with Crippen LogP contribution >= 0.6 is 0 Å². The Hall–Kier alpha value is -1.59. The highest BCUT2D eigenvalue weighted by atomic mass is 16.5. The van der Waals surface area contributed by atoms with Crippen LogP contribution < -0.4 is 15.8 Å². The first-order valence-corrected chi connectivity index (χ1v) is 7.96. The van der Waals surface area contributed by atoms with E-state index in [1.165, 1.54) is 0 Å². The zero-order valence-corrected chi connectivity index (χ0v) is 13.4. The highest BCUT2D eigenvalue weighted by Gasteiger charge is 2.27. The van der Waals surface area contributed by atoms with E-state index < -0.39 is 5.54 Å². The summed E-state index contributed by atoms with van der Waals surface area (Å²) in [5.41, 5.74) is 5.90. The van der Waals surface area contributed by atoms with Gasteiger partial charge in [0.1, 0.15) is 12.4 Å². The number of amides is 1. The quantitative estimate of drug-likeness (QED) is 0.812. The van der Waals surface area contributed by atoms with Crippen LogP contribution in [0.15, 0.2) is 24.3 Å². The fraction of sp³-hybridized carbons (Fsp3) is 0.588. The Kier molecular flexibility index (Phi) is 5.80. The van der Waals surface area contributed by atoms with E-state index >= 15 is 0 Å². The highest BCUT2D eigenvalue weighted by Crippen LogP contribution is 2.19. The summed E-state index contributed by atoms with van der Waals surface area (Å²) in [7, 11) is 0. The van der Waals surface area contributed by atoms with Gasteiger partial charge >= 0.3 is 0 Å². The number of nitrogens with one attached hydrogen (secondary N) is 1. The maximum Gasteiger partial charge on any atom is 0.244 e. The number of ether oxygens (including phenoxy) is 2. The third kappa shape index (κ3) is 4.71. The van der Waals surface area contributed by atoms with Crippen LogP contribution in [-0.4, -0.2) is 30.8 Å². The molecule has 0 saturated carbocycles. The third-order valence-corrected chi connectivity index (χ3v) is 3.86. The Bertz CT molecular complexity index is 479. The summed E-state index contributed by atoms with van der Waals surface area (Å²) in [6, 6.07) is 7.34. The standard InChI is InChI=1S/C17H26N2O3/c1-3-10-17(2,18)16(20)19-13-6-8-14(9-7-13)22-12-15-5-4-11-21-15/h6-9,15H,3-5,10-12,18H2,1-2H3,(H,19,20). The van der Waals surface area contributed by atoms with Gasteiger partial charge in [-0.15, -0.1) is 0 Å². The second kappa shape index (κ2) is 7.61. The lowest BCUT2D eigenvalue weighted by Gasteiger charge is -2.22. The van der Waals surface area contributed by atoms with Crippen molar-refractivity contribution in [1.82, 2.24) is 0 Å².